The third-order valence-corrected chi connectivity index (χ3v) is 1.87. The molecule has 0 aromatic carbocycles. The Labute approximate surface area is 74.0 Å². The Bertz CT molecular complexity index is 409. The van der Waals surface area contributed by atoms with Crippen LogP contribution in [0.15, 0.2) is 6.20 Å². The smallest absolute Gasteiger partial charge is 0.223 e. The first-order chi connectivity index (χ1) is 5.81. The van der Waals surface area contributed by atoms with E-state index in [2.05, 4.69) is 20.2 Å². The molecule has 2 heterocycles. The lowest BCUT2D eigenvalue weighted by Crippen LogP contribution is -1.84. The Kier molecular flexibility index (Phi) is 1.69. The molecule has 0 atom stereocenters. The van der Waals surface area contributed by atoms with E-state index in [0.717, 1.165) is 23.1 Å². The quantitative estimate of drug-likeness (QED) is 0.682. The van der Waals surface area contributed by atoms with Gasteiger partial charge in [0.15, 0.2) is 0 Å². The molecule has 0 aliphatic rings. The Morgan fingerprint density at radius 3 is 3.17 bits per heavy atom. The fraction of sp³-hybridized carbons (Fsp3) is 0.286. The predicted octanol–water partition coefficient (Wildman–Crippen LogP) is 1.57. The monoisotopic (exact) mass is 182 g/mol. The lowest BCUT2D eigenvalue weighted by atomic mass is 10.3. The zero-order chi connectivity index (χ0) is 8.55. The van der Waals surface area contributed by atoms with Crippen molar-refractivity contribution in [3.8, 4) is 0 Å². The minimum atomic E-state index is 0.263. The van der Waals surface area contributed by atoms with Crippen molar-refractivity contribution in [3.63, 3.8) is 0 Å². The van der Waals surface area contributed by atoms with E-state index in [1.54, 1.807) is 6.20 Å². The lowest BCUT2D eigenvalue weighted by molar-refractivity contribution is 0.985. The highest BCUT2D eigenvalue weighted by molar-refractivity contribution is 6.28. The zero-order valence-corrected chi connectivity index (χ0v) is 7.26. The van der Waals surface area contributed by atoms with Crippen LogP contribution in [0.25, 0.3) is 11.0 Å². The Morgan fingerprint density at radius 1 is 1.58 bits per heavy atom. The van der Waals surface area contributed by atoms with Gasteiger partial charge in [-0.3, -0.25) is 5.10 Å². The van der Waals surface area contributed by atoms with Gasteiger partial charge in [-0.2, -0.15) is 5.10 Å². The van der Waals surface area contributed by atoms with E-state index >= 15 is 0 Å². The molecule has 5 heteroatoms. The van der Waals surface area contributed by atoms with Crippen LogP contribution in [-0.2, 0) is 6.42 Å². The highest BCUT2D eigenvalue weighted by atomic mass is 35.5. The predicted molar refractivity (Wildman–Crippen MR) is 46.1 cm³/mol. The molecule has 0 unspecified atom stereocenters. The fourth-order valence-electron chi connectivity index (χ4n) is 1.09. The maximum absolute atomic E-state index is 5.64. The second-order valence-electron chi connectivity index (χ2n) is 2.43. The largest absolute Gasteiger partial charge is 0.280 e. The van der Waals surface area contributed by atoms with Gasteiger partial charge in [0.1, 0.15) is 11.0 Å². The lowest BCUT2D eigenvalue weighted by Gasteiger charge is -1.90. The van der Waals surface area contributed by atoms with Gasteiger partial charge in [0.25, 0.3) is 0 Å². The molecule has 0 aliphatic carbocycles. The number of hydrogen-bond acceptors (Lipinski definition) is 3. The minimum absolute atomic E-state index is 0.263. The summed E-state index contributed by atoms with van der Waals surface area (Å²) in [5.74, 6) is 0. The number of aryl methyl sites for hydroxylation is 1. The summed E-state index contributed by atoms with van der Waals surface area (Å²) < 4.78 is 0. The summed E-state index contributed by atoms with van der Waals surface area (Å²) in [5.41, 5.74) is 2.57. The van der Waals surface area contributed by atoms with Crippen LogP contribution in [-0.4, -0.2) is 20.2 Å². The van der Waals surface area contributed by atoms with Gasteiger partial charge in [0.2, 0.25) is 5.28 Å². The van der Waals surface area contributed by atoms with Crippen molar-refractivity contribution < 1.29 is 0 Å². The standard InChI is InChI=1S/C7H7ClN4/c1-2-4-6-5(12-11-4)3-9-7(8)10-6/h3H,2H2,1H3,(H,11,12). The van der Waals surface area contributed by atoms with E-state index in [1.165, 1.54) is 0 Å². The first-order valence-corrected chi connectivity index (χ1v) is 4.04. The van der Waals surface area contributed by atoms with Crippen LogP contribution in [0.1, 0.15) is 12.6 Å². The summed E-state index contributed by atoms with van der Waals surface area (Å²) in [7, 11) is 0. The van der Waals surface area contributed by atoms with Gasteiger partial charge < -0.3 is 0 Å². The van der Waals surface area contributed by atoms with Crippen LogP contribution in [0.4, 0.5) is 0 Å². The first kappa shape index (κ1) is 7.49. The third kappa shape index (κ3) is 1.04. The van der Waals surface area contributed by atoms with Crippen molar-refractivity contribution in [2.75, 3.05) is 0 Å². The van der Waals surface area contributed by atoms with Crippen LogP contribution >= 0.6 is 11.6 Å². The van der Waals surface area contributed by atoms with Crippen LogP contribution < -0.4 is 0 Å². The number of nitrogens with one attached hydrogen (secondary N) is 1. The van der Waals surface area contributed by atoms with Crippen molar-refractivity contribution >= 4 is 22.6 Å². The van der Waals surface area contributed by atoms with Crippen molar-refractivity contribution in [3.05, 3.63) is 17.2 Å². The summed E-state index contributed by atoms with van der Waals surface area (Å²) in [6.45, 7) is 2.03. The van der Waals surface area contributed by atoms with Gasteiger partial charge in [-0.1, -0.05) is 6.92 Å². The summed E-state index contributed by atoms with van der Waals surface area (Å²) in [4.78, 5) is 7.89. The summed E-state index contributed by atoms with van der Waals surface area (Å²) >= 11 is 5.64. The summed E-state index contributed by atoms with van der Waals surface area (Å²) in [6, 6.07) is 0. The molecule has 2 aromatic rings. The maximum atomic E-state index is 5.64. The molecule has 1 N–H and O–H groups in total. The Hall–Kier alpha value is -1.16. The Morgan fingerprint density at radius 2 is 2.42 bits per heavy atom. The molecule has 0 saturated carbocycles. The van der Waals surface area contributed by atoms with Gasteiger partial charge >= 0.3 is 0 Å². The normalized spacial score (nSPS) is 10.8. The van der Waals surface area contributed by atoms with E-state index in [-0.39, 0.29) is 5.28 Å². The van der Waals surface area contributed by atoms with Crippen molar-refractivity contribution in [1.29, 1.82) is 0 Å². The minimum Gasteiger partial charge on any atom is -0.280 e. The average molecular weight is 183 g/mol. The molecule has 0 aliphatic heterocycles. The highest BCUT2D eigenvalue weighted by Crippen LogP contribution is 2.14. The van der Waals surface area contributed by atoms with Gasteiger partial charge in [0.05, 0.1) is 11.9 Å². The van der Waals surface area contributed by atoms with Gasteiger partial charge in [0, 0.05) is 0 Å². The van der Waals surface area contributed by atoms with Crippen molar-refractivity contribution in [2.24, 2.45) is 0 Å². The molecule has 0 spiro atoms. The topological polar surface area (TPSA) is 54.5 Å². The molecule has 0 saturated heterocycles. The van der Waals surface area contributed by atoms with Crippen molar-refractivity contribution in [2.45, 2.75) is 13.3 Å². The number of fused-ring (bicyclic) bond motifs is 1. The van der Waals surface area contributed by atoms with E-state index in [9.17, 15) is 0 Å². The number of aromatic amines is 1. The van der Waals surface area contributed by atoms with Crippen LogP contribution in [0.3, 0.4) is 0 Å². The van der Waals surface area contributed by atoms with Gasteiger partial charge in [-0.15, -0.1) is 0 Å². The number of hydrogen-bond donors (Lipinski definition) is 1. The van der Waals surface area contributed by atoms with Crippen LogP contribution in [0.5, 0.6) is 0 Å². The zero-order valence-electron chi connectivity index (χ0n) is 6.50. The number of halogens is 1. The molecule has 2 aromatic heterocycles. The molecule has 0 amide bonds. The Balaban J connectivity index is 2.75. The SMILES string of the molecule is CCc1[nH]nc2cnc(Cl)nc12. The molecular formula is C7H7ClN4. The van der Waals surface area contributed by atoms with E-state index < -0.39 is 0 Å². The molecule has 12 heavy (non-hydrogen) atoms. The number of nitrogens with zero attached hydrogens (tertiary/aromatic N) is 3. The molecule has 0 bridgehead atoms. The van der Waals surface area contributed by atoms with Gasteiger partial charge in [-0.25, -0.2) is 9.97 Å². The van der Waals surface area contributed by atoms with E-state index in [0.29, 0.717) is 0 Å². The number of rotatable bonds is 1. The molecule has 62 valence electrons. The molecule has 0 fully saturated rings. The van der Waals surface area contributed by atoms with E-state index in [4.69, 9.17) is 11.6 Å². The van der Waals surface area contributed by atoms with Gasteiger partial charge in [-0.05, 0) is 18.0 Å². The van der Waals surface area contributed by atoms with Crippen LogP contribution in [0, 0.1) is 0 Å². The number of H-pyrrole nitrogens is 1. The maximum Gasteiger partial charge on any atom is 0.223 e. The summed E-state index contributed by atoms with van der Waals surface area (Å²) in [5, 5.41) is 7.16. The first-order valence-electron chi connectivity index (χ1n) is 3.66. The second kappa shape index (κ2) is 2.71. The average Bonchev–Trinajstić information content (AvgIpc) is 2.46. The van der Waals surface area contributed by atoms with E-state index in [1.807, 2.05) is 6.92 Å². The molecule has 4 nitrogen and oxygen atoms in total. The van der Waals surface area contributed by atoms with Crippen LogP contribution in [0.2, 0.25) is 5.28 Å². The molecule has 2 rings (SSSR count). The summed E-state index contributed by atoms with van der Waals surface area (Å²) in [6.07, 6.45) is 2.48. The molecular weight excluding hydrogens is 176 g/mol. The second-order valence-corrected chi connectivity index (χ2v) is 2.77. The number of aromatic nitrogens is 4. The van der Waals surface area contributed by atoms with Crippen molar-refractivity contribution in [1.82, 2.24) is 20.2 Å². The fourth-order valence-corrected chi connectivity index (χ4v) is 1.22. The molecule has 0 radical (unpaired) electrons. The third-order valence-electron chi connectivity index (χ3n) is 1.69. The highest BCUT2D eigenvalue weighted by Gasteiger charge is 2.05.